The molecule has 2 aromatic carbocycles. The Kier molecular flexibility index (Phi) is 7.40. The molecule has 0 aliphatic rings. The van der Waals surface area contributed by atoms with Gasteiger partial charge >= 0.3 is 0 Å². The van der Waals surface area contributed by atoms with Crippen LogP contribution in [0.25, 0.3) is 0 Å². The third-order valence-corrected chi connectivity index (χ3v) is 3.71. The molecular formula is C18H22N4O2. The van der Waals surface area contributed by atoms with E-state index < -0.39 is 0 Å². The van der Waals surface area contributed by atoms with Crippen LogP contribution in [0.1, 0.15) is 25.7 Å². The Morgan fingerprint density at radius 1 is 0.583 bits per heavy atom. The number of unbranched alkanes of at least 4 members (excludes halogenated alkanes) is 3. The normalized spacial score (nSPS) is 10.2. The lowest BCUT2D eigenvalue weighted by Crippen LogP contribution is -2.03. The number of rotatable bonds is 11. The van der Waals surface area contributed by atoms with Crippen molar-refractivity contribution in [3.8, 4) is 0 Å². The minimum atomic E-state index is 0.449. The first-order chi connectivity index (χ1) is 11.8. The Bertz CT molecular complexity index is 569. The van der Waals surface area contributed by atoms with Crippen LogP contribution in [0.15, 0.2) is 58.9 Å². The average Bonchev–Trinajstić information content (AvgIpc) is 2.65. The molecule has 0 aromatic heterocycles. The van der Waals surface area contributed by atoms with Crippen LogP contribution in [-0.4, -0.2) is 13.1 Å². The van der Waals surface area contributed by atoms with E-state index in [-0.39, 0.29) is 0 Å². The van der Waals surface area contributed by atoms with Crippen molar-refractivity contribution in [3.05, 3.63) is 58.3 Å². The maximum absolute atomic E-state index is 10.3. The second kappa shape index (κ2) is 10.1. The van der Waals surface area contributed by atoms with Crippen molar-refractivity contribution in [2.45, 2.75) is 25.7 Å². The molecule has 0 amide bonds. The maximum atomic E-state index is 10.3. The van der Waals surface area contributed by atoms with Gasteiger partial charge in [0.05, 0.1) is 0 Å². The first-order valence-corrected chi connectivity index (χ1v) is 8.16. The summed E-state index contributed by atoms with van der Waals surface area (Å²) < 4.78 is 0. The largest absolute Gasteiger partial charge is 0.385 e. The maximum Gasteiger partial charge on any atom is 0.108 e. The van der Waals surface area contributed by atoms with Gasteiger partial charge < -0.3 is 10.6 Å². The molecule has 0 aliphatic heterocycles. The second-order valence-electron chi connectivity index (χ2n) is 5.54. The van der Waals surface area contributed by atoms with Crippen LogP contribution in [-0.2, 0) is 0 Å². The molecule has 6 heteroatoms. The number of nitrogens with one attached hydrogen (secondary N) is 2. The Morgan fingerprint density at radius 3 is 1.29 bits per heavy atom. The van der Waals surface area contributed by atoms with E-state index in [4.69, 9.17) is 0 Å². The number of hydrogen-bond acceptors (Lipinski definition) is 6. The van der Waals surface area contributed by atoms with Crippen LogP contribution < -0.4 is 10.6 Å². The zero-order valence-electron chi connectivity index (χ0n) is 13.6. The standard InChI is InChI=1S/C18H22N4O2/c23-21-17-9-5-15(6-10-17)19-13-3-1-2-4-14-20-16-7-11-18(22-24)12-8-16/h5-12,19-20H,1-4,13-14H2. The van der Waals surface area contributed by atoms with Gasteiger partial charge in [-0.05, 0) is 71.7 Å². The highest BCUT2D eigenvalue weighted by Crippen LogP contribution is 2.17. The molecule has 126 valence electrons. The highest BCUT2D eigenvalue weighted by atomic mass is 16.3. The minimum absolute atomic E-state index is 0.449. The van der Waals surface area contributed by atoms with Crippen LogP contribution in [0.2, 0.25) is 0 Å². The van der Waals surface area contributed by atoms with Crippen molar-refractivity contribution in [2.24, 2.45) is 10.4 Å². The van der Waals surface area contributed by atoms with Gasteiger partial charge in [-0.15, -0.1) is 9.81 Å². The van der Waals surface area contributed by atoms with Crippen molar-refractivity contribution in [1.29, 1.82) is 0 Å². The number of nitrogens with zero attached hydrogens (tertiary/aromatic N) is 2. The van der Waals surface area contributed by atoms with E-state index in [0.29, 0.717) is 11.4 Å². The third-order valence-electron chi connectivity index (χ3n) is 3.71. The summed E-state index contributed by atoms with van der Waals surface area (Å²) >= 11 is 0. The lowest BCUT2D eigenvalue weighted by Gasteiger charge is -2.07. The van der Waals surface area contributed by atoms with Crippen LogP contribution in [0.4, 0.5) is 22.7 Å². The molecule has 0 radical (unpaired) electrons. The molecule has 2 aromatic rings. The Morgan fingerprint density at radius 2 is 0.958 bits per heavy atom. The summed E-state index contributed by atoms with van der Waals surface area (Å²) in [6.07, 6.45) is 4.54. The minimum Gasteiger partial charge on any atom is -0.385 e. The molecule has 24 heavy (non-hydrogen) atoms. The van der Waals surface area contributed by atoms with Crippen LogP contribution in [0, 0.1) is 9.81 Å². The summed E-state index contributed by atoms with van der Waals surface area (Å²) in [6, 6.07) is 14.3. The van der Waals surface area contributed by atoms with Gasteiger partial charge in [0.15, 0.2) is 0 Å². The SMILES string of the molecule is O=Nc1ccc(NCCCCCCNc2ccc(N=O)cc2)cc1. The first kappa shape index (κ1) is 17.6. The number of nitroso groups, excluding NO2 is 2. The fraction of sp³-hybridized carbons (Fsp3) is 0.333. The van der Waals surface area contributed by atoms with E-state index in [0.717, 1.165) is 50.1 Å². The first-order valence-electron chi connectivity index (χ1n) is 8.16. The van der Waals surface area contributed by atoms with Crippen molar-refractivity contribution in [2.75, 3.05) is 23.7 Å². The van der Waals surface area contributed by atoms with E-state index in [1.54, 1.807) is 24.3 Å². The Balaban J connectivity index is 1.50. The zero-order chi connectivity index (χ0) is 17.0. The summed E-state index contributed by atoms with van der Waals surface area (Å²) in [6.45, 7) is 1.84. The number of benzene rings is 2. The Labute approximate surface area is 141 Å². The van der Waals surface area contributed by atoms with Crippen LogP contribution in [0.5, 0.6) is 0 Å². The summed E-state index contributed by atoms with van der Waals surface area (Å²) in [4.78, 5) is 20.7. The molecule has 0 atom stereocenters. The van der Waals surface area contributed by atoms with Crippen LogP contribution in [0.3, 0.4) is 0 Å². The molecule has 6 nitrogen and oxygen atoms in total. The average molecular weight is 326 g/mol. The van der Waals surface area contributed by atoms with Gasteiger partial charge in [-0.3, -0.25) is 0 Å². The summed E-state index contributed by atoms with van der Waals surface area (Å²) in [7, 11) is 0. The molecule has 0 saturated heterocycles. The molecule has 0 bridgehead atoms. The smallest absolute Gasteiger partial charge is 0.108 e. The highest BCUT2D eigenvalue weighted by Gasteiger charge is 1.96. The molecular weight excluding hydrogens is 304 g/mol. The van der Waals surface area contributed by atoms with Gasteiger partial charge in [0.25, 0.3) is 0 Å². The van der Waals surface area contributed by atoms with Crippen LogP contribution >= 0.6 is 0 Å². The van der Waals surface area contributed by atoms with Gasteiger partial charge in [0.2, 0.25) is 0 Å². The van der Waals surface area contributed by atoms with E-state index in [1.807, 2.05) is 24.3 Å². The van der Waals surface area contributed by atoms with Crippen molar-refractivity contribution >= 4 is 22.7 Å². The highest BCUT2D eigenvalue weighted by molar-refractivity contribution is 5.51. The van der Waals surface area contributed by atoms with Gasteiger partial charge in [0, 0.05) is 24.5 Å². The van der Waals surface area contributed by atoms with E-state index in [2.05, 4.69) is 21.0 Å². The molecule has 2 N–H and O–H groups in total. The number of hydrogen-bond donors (Lipinski definition) is 2. The van der Waals surface area contributed by atoms with Crippen molar-refractivity contribution in [1.82, 2.24) is 0 Å². The summed E-state index contributed by atoms with van der Waals surface area (Å²) in [5, 5.41) is 12.4. The van der Waals surface area contributed by atoms with E-state index in [1.165, 1.54) is 0 Å². The topological polar surface area (TPSA) is 82.9 Å². The van der Waals surface area contributed by atoms with Gasteiger partial charge in [-0.1, -0.05) is 12.8 Å². The third kappa shape index (κ3) is 6.16. The second-order valence-corrected chi connectivity index (χ2v) is 5.54. The fourth-order valence-electron chi connectivity index (χ4n) is 2.35. The Hall–Kier alpha value is -2.76. The monoisotopic (exact) mass is 326 g/mol. The summed E-state index contributed by atoms with van der Waals surface area (Å²) in [5.41, 5.74) is 2.92. The zero-order valence-corrected chi connectivity index (χ0v) is 13.6. The lowest BCUT2D eigenvalue weighted by atomic mass is 10.2. The molecule has 2 rings (SSSR count). The van der Waals surface area contributed by atoms with Crippen molar-refractivity contribution in [3.63, 3.8) is 0 Å². The lowest BCUT2D eigenvalue weighted by molar-refractivity contribution is 0.670. The van der Waals surface area contributed by atoms with Gasteiger partial charge in [-0.25, -0.2) is 0 Å². The fourth-order valence-corrected chi connectivity index (χ4v) is 2.35. The molecule has 0 fully saturated rings. The molecule has 0 saturated carbocycles. The van der Waals surface area contributed by atoms with Gasteiger partial charge in [0.1, 0.15) is 11.4 Å². The molecule has 0 unspecified atom stereocenters. The van der Waals surface area contributed by atoms with Crippen molar-refractivity contribution < 1.29 is 0 Å². The molecule has 0 heterocycles. The predicted molar refractivity (Wildman–Crippen MR) is 99.2 cm³/mol. The molecule has 0 aliphatic carbocycles. The van der Waals surface area contributed by atoms with Gasteiger partial charge in [-0.2, -0.15) is 0 Å². The molecule has 0 spiro atoms. The quantitative estimate of drug-likeness (QED) is 0.418. The summed E-state index contributed by atoms with van der Waals surface area (Å²) in [5.74, 6) is 0. The van der Waals surface area contributed by atoms with E-state index >= 15 is 0 Å². The predicted octanol–water partition coefficient (Wildman–Crippen LogP) is 5.57. The number of anilines is 2. The van der Waals surface area contributed by atoms with E-state index in [9.17, 15) is 9.81 Å².